The van der Waals surface area contributed by atoms with Crippen LogP contribution in [0.15, 0.2) is 0 Å². The summed E-state index contributed by atoms with van der Waals surface area (Å²) < 4.78 is 0. The van der Waals surface area contributed by atoms with E-state index in [2.05, 4.69) is 35.9 Å². The number of carboxylic acids is 2. The summed E-state index contributed by atoms with van der Waals surface area (Å²) in [6.07, 6.45) is 0.607. The van der Waals surface area contributed by atoms with Crippen LogP contribution in [0, 0.1) is 0 Å². The molecule has 0 bridgehead atoms. The number of nitrogens with one attached hydrogen (secondary N) is 2. The van der Waals surface area contributed by atoms with Crippen LogP contribution < -0.4 is 16.4 Å². The molecule has 2 amide bonds. The number of hydrogen-bond acceptors (Lipinski definition) is 7. The molecule has 0 heterocycles. The van der Waals surface area contributed by atoms with Crippen molar-refractivity contribution in [2.24, 2.45) is 5.73 Å². The van der Waals surface area contributed by atoms with E-state index in [1.807, 2.05) is 0 Å². The summed E-state index contributed by atoms with van der Waals surface area (Å²) in [5.74, 6) is -3.24. The first-order valence-electron chi connectivity index (χ1n) is 7.25. The topological polar surface area (TPSA) is 159 Å². The molecule has 11 heteroatoms. The summed E-state index contributed by atoms with van der Waals surface area (Å²) >= 11 is 7.85. The molecule has 0 aliphatic rings. The highest BCUT2D eigenvalue weighted by Gasteiger charge is 2.25. The average molecular weight is 381 g/mol. The van der Waals surface area contributed by atoms with Crippen LogP contribution in [0.3, 0.4) is 0 Å². The zero-order valence-electron chi connectivity index (χ0n) is 13.0. The monoisotopic (exact) mass is 381 g/mol. The molecule has 0 saturated heterocycles. The predicted molar refractivity (Wildman–Crippen MR) is 93.3 cm³/mol. The lowest BCUT2D eigenvalue weighted by molar-refractivity contribution is -0.141. The first-order chi connectivity index (χ1) is 11.2. The summed E-state index contributed by atoms with van der Waals surface area (Å²) in [6.45, 7) is 0. The van der Waals surface area contributed by atoms with Crippen molar-refractivity contribution in [1.82, 2.24) is 10.6 Å². The van der Waals surface area contributed by atoms with E-state index in [-0.39, 0.29) is 31.4 Å². The van der Waals surface area contributed by atoms with Gasteiger partial charge in [0, 0.05) is 12.2 Å². The molecule has 0 aromatic rings. The molecule has 138 valence electrons. The van der Waals surface area contributed by atoms with Crippen molar-refractivity contribution in [1.29, 1.82) is 0 Å². The van der Waals surface area contributed by atoms with Crippen LogP contribution in [0.5, 0.6) is 0 Å². The molecular weight excluding hydrogens is 358 g/mol. The molecule has 9 nitrogen and oxygen atoms in total. The van der Waals surface area contributed by atoms with Crippen LogP contribution in [0.1, 0.15) is 25.7 Å². The minimum atomic E-state index is -1.23. The van der Waals surface area contributed by atoms with Crippen molar-refractivity contribution in [3.8, 4) is 0 Å². The highest BCUT2D eigenvalue weighted by atomic mass is 32.1. The Morgan fingerprint density at radius 3 is 2.04 bits per heavy atom. The molecule has 6 N–H and O–H groups in total. The maximum Gasteiger partial charge on any atom is 0.327 e. The van der Waals surface area contributed by atoms with E-state index >= 15 is 0 Å². The molecule has 0 unspecified atom stereocenters. The van der Waals surface area contributed by atoms with Crippen molar-refractivity contribution in [3.63, 3.8) is 0 Å². The molecule has 0 saturated carbocycles. The lowest BCUT2D eigenvalue weighted by Crippen LogP contribution is -2.52. The van der Waals surface area contributed by atoms with Gasteiger partial charge >= 0.3 is 11.9 Å². The number of rotatable bonds is 12. The van der Waals surface area contributed by atoms with E-state index in [4.69, 9.17) is 15.9 Å². The van der Waals surface area contributed by atoms with E-state index in [1.165, 1.54) is 0 Å². The third kappa shape index (κ3) is 8.99. The van der Waals surface area contributed by atoms with Gasteiger partial charge in [0.15, 0.2) is 0 Å². The van der Waals surface area contributed by atoms with E-state index in [9.17, 15) is 19.2 Å². The fourth-order valence-electron chi connectivity index (χ4n) is 1.73. The highest BCUT2D eigenvalue weighted by Crippen LogP contribution is 2.02. The Morgan fingerprint density at radius 1 is 0.958 bits per heavy atom. The number of amides is 2. The van der Waals surface area contributed by atoms with Crippen molar-refractivity contribution >= 4 is 49.0 Å². The molecule has 24 heavy (non-hydrogen) atoms. The zero-order valence-corrected chi connectivity index (χ0v) is 14.8. The fraction of sp³-hybridized carbons (Fsp3) is 0.692. The minimum absolute atomic E-state index is 0.00621. The lowest BCUT2D eigenvalue weighted by atomic mass is 10.1. The van der Waals surface area contributed by atoms with Gasteiger partial charge in [-0.05, 0) is 25.0 Å². The van der Waals surface area contributed by atoms with E-state index in [0.717, 1.165) is 0 Å². The second kappa shape index (κ2) is 12.0. The number of nitrogens with two attached hydrogens (primary N) is 1. The molecule has 0 aromatic heterocycles. The number of carbonyl (C=O) groups excluding carboxylic acids is 2. The molecule has 0 rings (SSSR count). The molecule has 0 radical (unpaired) electrons. The molecule has 0 spiro atoms. The quantitative estimate of drug-likeness (QED) is 0.211. The van der Waals surface area contributed by atoms with Gasteiger partial charge in [0.05, 0.1) is 0 Å². The van der Waals surface area contributed by atoms with E-state index in [0.29, 0.717) is 5.75 Å². The van der Waals surface area contributed by atoms with Crippen LogP contribution in [0.25, 0.3) is 0 Å². The maximum atomic E-state index is 12.1. The normalized spacial score (nSPS) is 14.3. The minimum Gasteiger partial charge on any atom is -0.480 e. The van der Waals surface area contributed by atoms with Gasteiger partial charge in [-0.25, -0.2) is 4.79 Å². The largest absolute Gasteiger partial charge is 0.480 e. The molecule has 3 atom stereocenters. The van der Waals surface area contributed by atoms with Gasteiger partial charge in [-0.3, -0.25) is 14.4 Å². The third-order valence-electron chi connectivity index (χ3n) is 3.10. The molecule has 0 aliphatic heterocycles. The Balaban J connectivity index is 4.49. The SMILES string of the molecule is N[C@@H](CCCC(=O)N[C@@H](CCS)C(=O)N[C@@H](CS)C(=O)O)C(=O)O. The highest BCUT2D eigenvalue weighted by molar-refractivity contribution is 7.80. The lowest BCUT2D eigenvalue weighted by Gasteiger charge is -2.20. The third-order valence-corrected chi connectivity index (χ3v) is 3.73. The maximum absolute atomic E-state index is 12.1. The van der Waals surface area contributed by atoms with Crippen molar-refractivity contribution in [2.45, 2.75) is 43.8 Å². The Bertz CT molecular complexity index is 463. The zero-order chi connectivity index (χ0) is 18.7. The van der Waals surface area contributed by atoms with E-state index in [1.54, 1.807) is 0 Å². The van der Waals surface area contributed by atoms with Crippen LogP contribution in [-0.2, 0) is 19.2 Å². The summed E-state index contributed by atoms with van der Waals surface area (Å²) in [5.41, 5.74) is 5.33. The van der Waals surface area contributed by atoms with Crippen molar-refractivity contribution < 1.29 is 29.4 Å². The number of thiol groups is 2. The van der Waals surface area contributed by atoms with Gasteiger partial charge in [0.1, 0.15) is 18.1 Å². The van der Waals surface area contributed by atoms with E-state index < -0.39 is 41.9 Å². The number of aliphatic carboxylic acids is 2. The van der Waals surface area contributed by atoms with Gasteiger partial charge in [-0.15, -0.1) is 0 Å². The Hall–Kier alpha value is -1.46. The van der Waals surface area contributed by atoms with Crippen LogP contribution >= 0.6 is 25.3 Å². The number of carbonyl (C=O) groups is 4. The smallest absolute Gasteiger partial charge is 0.327 e. The predicted octanol–water partition coefficient (Wildman–Crippen LogP) is -1.13. The van der Waals surface area contributed by atoms with Gasteiger partial charge in [0.2, 0.25) is 11.8 Å². The number of hydrogen-bond donors (Lipinski definition) is 7. The summed E-state index contributed by atoms with van der Waals surface area (Å²) in [5, 5.41) is 22.3. The molecule has 0 fully saturated rings. The standard InChI is InChI=1S/C13H23N3O6S2/c14-7(12(19)20)2-1-3-10(17)15-8(4-5-23)11(18)16-9(6-24)13(21)22/h7-9,23-24H,1-6,14H2,(H,15,17)(H,16,18)(H,19,20)(H,21,22)/t7-,8-,9-/m0/s1. The second-order valence-corrected chi connectivity index (χ2v) is 5.86. The first kappa shape index (κ1) is 22.5. The molecule has 0 aromatic carbocycles. The van der Waals surface area contributed by atoms with Crippen LogP contribution in [0.4, 0.5) is 0 Å². The van der Waals surface area contributed by atoms with Crippen LogP contribution in [-0.4, -0.2) is 63.6 Å². The molecular formula is C13H23N3O6S2. The van der Waals surface area contributed by atoms with Crippen LogP contribution in [0.2, 0.25) is 0 Å². The summed E-state index contributed by atoms with van der Waals surface area (Å²) in [6, 6.07) is -3.13. The van der Waals surface area contributed by atoms with Gasteiger partial charge in [-0.2, -0.15) is 25.3 Å². The van der Waals surface area contributed by atoms with Gasteiger partial charge in [-0.1, -0.05) is 0 Å². The summed E-state index contributed by atoms with van der Waals surface area (Å²) in [7, 11) is 0. The first-order valence-corrected chi connectivity index (χ1v) is 8.52. The van der Waals surface area contributed by atoms with Crippen molar-refractivity contribution in [2.75, 3.05) is 11.5 Å². The van der Waals surface area contributed by atoms with Crippen molar-refractivity contribution in [3.05, 3.63) is 0 Å². The fourth-order valence-corrected chi connectivity index (χ4v) is 2.23. The molecule has 0 aliphatic carbocycles. The average Bonchev–Trinajstić information content (AvgIpc) is 2.51. The van der Waals surface area contributed by atoms with Gasteiger partial charge < -0.3 is 26.6 Å². The Labute approximate surface area is 150 Å². The number of carboxylic acid groups (broad SMARTS) is 2. The Morgan fingerprint density at radius 2 is 1.58 bits per heavy atom. The second-order valence-electron chi connectivity index (χ2n) is 5.05. The summed E-state index contributed by atoms with van der Waals surface area (Å²) in [4.78, 5) is 45.4. The Kier molecular flexibility index (Phi) is 11.3. The van der Waals surface area contributed by atoms with Gasteiger partial charge in [0.25, 0.3) is 0 Å².